The number of carbonyl (C=O) groups excluding carboxylic acids is 2. The van der Waals surface area contributed by atoms with Gasteiger partial charge in [-0.3, -0.25) is 9.59 Å². The summed E-state index contributed by atoms with van der Waals surface area (Å²) in [5.74, 6) is 0.157. The van der Waals surface area contributed by atoms with Crippen molar-refractivity contribution < 1.29 is 14.0 Å². The maximum Gasteiger partial charge on any atom is 0.227 e. The van der Waals surface area contributed by atoms with Crippen LogP contribution in [0.3, 0.4) is 0 Å². The fraction of sp³-hybridized carbons (Fsp3) is 0.467. The Kier molecular flexibility index (Phi) is 3.42. The molecule has 106 valence electrons. The summed E-state index contributed by atoms with van der Waals surface area (Å²) >= 11 is 0. The molecule has 20 heavy (non-hydrogen) atoms. The van der Waals surface area contributed by atoms with Crippen LogP contribution in [-0.4, -0.2) is 24.9 Å². The summed E-state index contributed by atoms with van der Waals surface area (Å²) in [6.07, 6.45) is 2.40. The van der Waals surface area contributed by atoms with Gasteiger partial charge >= 0.3 is 0 Å². The molecule has 4 nitrogen and oxygen atoms in total. The zero-order valence-electron chi connectivity index (χ0n) is 11.1. The minimum absolute atomic E-state index is 0.0299. The number of carbonyl (C=O) groups is 2. The zero-order chi connectivity index (χ0) is 14.1. The number of nitrogens with one attached hydrogen (secondary N) is 1. The van der Waals surface area contributed by atoms with Crippen molar-refractivity contribution in [2.75, 3.05) is 18.0 Å². The molecule has 0 spiro atoms. The van der Waals surface area contributed by atoms with E-state index in [0.717, 1.165) is 12.8 Å². The topological polar surface area (TPSA) is 49.4 Å². The third-order valence-electron chi connectivity index (χ3n) is 3.86. The summed E-state index contributed by atoms with van der Waals surface area (Å²) in [4.78, 5) is 25.2. The molecule has 1 aromatic carbocycles. The molecule has 1 N–H and O–H groups in total. The lowest BCUT2D eigenvalue weighted by molar-refractivity contribution is -0.122. The van der Waals surface area contributed by atoms with Crippen LogP contribution in [-0.2, 0) is 9.59 Å². The molecule has 1 saturated carbocycles. The second kappa shape index (κ2) is 5.23. The molecule has 2 fully saturated rings. The number of benzene rings is 1. The predicted molar refractivity (Wildman–Crippen MR) is 72.6 cm³/mol. The van der Waals surface area contributed by atoms with Gasteiger partial charge in [0.1, 0.15) is 5.82 Å². The van der Waals surface area contributed by atoms with E-state index in [2.05, 4.69) is 5.32 Å². The molecule has 0 unspecified atom stereocenters. The van der Waals surface area contributed by atoms with Crippen LogP contribution in [0.2, 0.25) is 0 Å². The van der Waals surface area contributed by atoms with E-state index >= 15 is 0 Å². The number of halogens is 1. The van der Waals surface area contributed by atoms with Crippen molar-refractivity contribution in [3.05, 3.63) is 30.1 Å². The van der Waals surface area contributed by atoms with Crippen LogP contribution < -0.4 is 10.2 Å². The van der Waals surface area contributed by atoms with E-state index in [0.29, 0.717) is 25.2 Å². The molecule has 3 rings (SSSR count). The van der Waals surface area contributed by atoms with E-state index in [1.807, 2.05) is 0 Å². The van der Waals surface area contributed by atoms with Crippen LogP contribution in [0, 0.1) is 17.7 Å². The number of nitrogens with zero attached hydrogens (tertiary/aromatic N) is 1. The minimum atomic E-state index is -0.311. The molecule has 5 heteroatoms. The van der Waals surface area contributed by atoms with Crippen LogP contribution in [0.5, 0.6) is 0 Å². The number of rotatable bonds is 4. The summed E-state index contributed by atoms with van der Waals surface area (Å²) in [6.45, 7) is 1.12. The first-order valence-corrected chi connectivity index (χ1v) is 6.97. The highest BCUT2D eigenvalue weighted by molar-refractivity contribution is 5.95. The van der Waals surface area contributed by atoms with Crippen molar-refractivity contribution in [2.45, 2.75) is 19.3 Å². The first-order valence-electron chi connectivity index (χ1n) is 6.97. The van der Waals surface area contributed by atoms with E-state index in [1.54, 1.807) is 17.0 Å². The third kappa shape index (κ3) is 2.81. The second-order valence-corrected chi connectivity index (χ2v) is 5.57. The molecular formula is C15H17FN2O2. The van der Waals surface area contributed by atoms with Crippen LogP contribution in [0.1, 0.15) is 19.3 Å². The normalized spacial score (nSPS) is 22.1. The lowest BCUT2D eigenvalue weighted by atomic mass is 10.1. The number of anilines is 1. The van der Waals surface area contributed by atoms with E-state index in [1.165, 1.54) is 12.1 Å². The first-order chi connectivity index (χ1) is 9.63. The van der Waals surface area contributed by atoms with Gasteiger partial charge in [0.15, 0.2) is 0 Å². The number of hydrogen-bond acceptors (Lipinski definition) is 2. The second-order valence-electron chi connectivity index (χ2n) is 5.57. The van der Waals surface area contributed by atoms with Crippen molar-refractivity contribution >= 4 is 17.5 Å². The molecule has 1 aromatic rings. The Hall–Kier alpha value is -1.91. The van der Waals surface area contributed by atoms with Gasteiger partial charge in [0, 0.05) is 37.0 Å². The van der Waals surface area contributed by atoms with Crippen LogP contribution >= 0.6 is 0 Å². The molecule has 1 aliphatic carbocycles. The Morgan fingerprint density at radius 3 is 2.65 bits per heavy atom. The summed E-state index contributed by atoms with van der Waals surface area (Å²) in [6, 6.07) is 5.92. The Morgan fingerprint density at radius 1 is 1.30 bits per heavy atom. The average molecular weight is 276 g/mol. The van der Waals surface area contributed by atoms with Gasteiger partial charge in [-0.05, 0) is 37.1 Å². The Bertz CT molecular complexity index is 525. The monoisotopic (exact) mass is 276 g/mol. The zero-order valence-corrected chi connectivity index (χ0v) is 11.1. The van der Waals surface area contributed by atoms with Crippen molar-refractivity contribution in [1.82, 2.24) is 5.32 Å². The van der Waals surface area contributed by atoms with Crippen molar-refractivity contribution in [3.8, 4) is 0 Å². The van der Waals surface area contributed by atoms with Crippen LogP contribution in [0.15, 0.2) is 24.3 Å². The van der Waals surface area contributed by atoms with Gasteiger partial charge in [0.05, 0.1) is 0 Å². The highest BCUT2D eigenvalue weighted by atomic mass is 19.1. The average Bonchev–Trinajstić information content (AvgIpc) is 3.21. The van der Waals surface area contributed by atoms with Crippen LogP contribution in [0.4, 0.5) is 10.1 Å². The fourth-order valence-corrected chi connectivity index (χ4v) is 2.52. The van der Waals surface area contributed by atoms with E-state index in [9.17, 15) is 14.0 Å². The number of amides is 2. The van der Waals surface area contributed by atoms with Gasteiger partial charge < -0.3 is 10.2 Å². The van der Waals surface area contributed by atoms with Crippen molar-refractivity contribution in [3.63, 3.8) is 0 Å². The SMILES string of the molecule is O=C(NC[C@@H]1CC(=O)N(c2ccc(F)cc2)C1)C1CC1. The lowest BCUT2D eigenvalue weighted by Crippen LogP contribution is -2.32. The van der Waals surface area contributed by atoms with Crippen molar-refractivity contribution in [1.29, 1.82) is 0 Å². The maximum atomic E-state index is 12.9. The Balaban J connectivity index is 1.57. The minimum Gasteiger partial charge on any atom is -0.356 e. The Morgan fingerprint density at radius 2 is 2.00 bits per heavy atom. The van der Waals surface area contributed by atoms with Crippen molar-refractivity contribution in [2.24, 2.45) is 11.8 Å². The van der Waals surface area contributed by atoms with Gasteiger partial charge in [0.2, 0.25) is 11.8 Å². The molecule has 0 radical (unpaired) electrons. The largest absolute Gasteiger partial charge is 0.356 e. The maximum absolute atomic E-state index is 12.9. The van der Waals surface area contributed by atoms with Gasteiger partial charge in [-0.1, -0.05) is 0 Å². The van der Waals surface area contributed by atoms with Crippen LogP contribution in [0.25, 0.3) is 0 Å². The van der Waals surface area contributed by atoms with E-state index in [4.69, 9.17) is 0 Å². The summed E-state index contributed by atoms with van der Waals surface area (Å²) in [5.41, 5.74) is 0.715. The summed E-state index contributed by atoms with van der Waals surface area (Å²) in [5, 5.41) is 2.91. The predicted octanol–water partition coefficient (Wildman–Crippen LogP) is 1.70. The molecule has 2 aliphatic rings. The molecule has 2 amide bonds. The fourth-order valence-electron chi connectivity index (χ4n) is 2.52. The van der Waals surface area contributed by atoms with Gasteiger partial charge in [-0.2, -0.15) is 0 Å². The summed E-state index contributed by atoms with van der Waals surface area (Å²) < 4.78 is 12.9. The molecule has 0 aromatic heterocycles. The molecule has 0 bridgehead atoms. The van der Waals surface area contributed by atoms with Gasteiger partial charge in [0.25, 0.3) is 0 Å². The smallest absolute Gasteiger partial charge is 0.227 e. The quantitative estimate of drug-likeness (QED) is 0.910. The Labute approximate surface area is 117 Å². The molecule has 1 atom stereocenters. The molecule has 1 saturated heterocycles. The molecule has 1 aliphatic heterocycles. The standard InChI is InChI=1S/C15H17FN2O2/c16-12-3-5-13(6-4-12)18-9-10(7-14(18)19)8-17-15(20)11-1-2-11/h3-6,10-11H,1-2,7-9H2,(H,17,20)/t10-/m0/s1. The summed E-state index contributed by atoms with van der Waals surface area (Å²) in [7, 11) is 0. The molecule has 1 heterocycles. The van der Waals surface area contributed by atoms with E-state index < -0.39 is 0 Å². The third-order valence-corrected chi connectivity index (χ3v) is 3.86. The number of hydrogen-bond donors (Lipinski definition) is 1. The highest BCUT2D eigenvalue weighted by Crippen LogP contribution is 2.29. The first kappa shape index (κ1) is 13.1. The van der Waals surface area contributed by atoms with Gasteiger partial charge in [-0.15, -0.1) is 0 Å². The highest BCUT2D eigenvalue weighted by Gasteiger charge is 2.33. The molecular weight excluding hydrogens is 259 g/mol. The lowest BCUT2D eigenvalue weighted by Gasteiger charge is -2.17. The van der Waals surface area contributed by atoms with E-state index in [-0.39, 0.29) is 29.5 Å². The van der Waals surface area contributed by atoms with Gasteiger partial charge in [-0.25, -0.2) is 4.39 Å².